The van der Waals surface area contributed by atoms with Crippen LogP contribution in [0.4, 0.5) is 0 Å². The number of aryl methyl sites for hydroxylation is 1. The van der Waals surface area contributed by atoms with E-state index in [1.54, 1.807) is 0 Å². The number of fused-ring (bicyclic) bond motifs is 3. The van der Waals surface area contributed by atoms with E-state index in [9.17, 15) is 4.79 Å². The molecule has 0 aliphatic carbocycles. The summed E-state index contributed by atoms with van der Waals surface area (Å²) in [5.74, 6) is 0. The quantitative estimate of drug-likeness (QED) is 0.685. The molecule has 0 aliphatic rings. The monoisotopic (exact) mass is 297 g/mol. The maximum atomic E-state index is 12.9. The number of allylic oxidation sites excluding steroid dienone is 2. The molecule has 0 atom stereocenters. The van der Waals surface area contributed by atoms with Gasteiger partial charge in [-0.1, -0.05) is 48.0 Å². The highest BCUT2D eigenvalue weighted by Gasteiger charge is 2.11. The van der Waals surface area contributed by atoms with Crippen molar-refractivity contribution in [2.45, 2.75) is 20.3 Å². The third kappa shape index (κ3) is 2.47. The number of halogens is 1. The lowest BCUT2D eigenvalue weighted by molar-refractivity contribution is 1.11. The predicted molar refractivity (Wildman–Crippen MR) is 90.1 cm³/mol. The number of aromatic nitrogens is 1. The molecule has 0 saturated carbocycles. The molecule has 0 spiro atoms. The van der Waals surface area contributed by atoms with Crippen molar-refractivity contribution in [2.24, 2.45) is 0 Å². The van der Waals surface area contributed by atoms with E-state index >= 15 is 0 Å². The molecule has 0 bridgehead atoms. The summed E-state index contributed by atoms with van der Waals surface area (Å²) < 4.78 is 0. The minimum Gasteiger partial charge on any atom is -0.358 e. The summed E-state index contributed by atoms with van der Waals surface area (Å²) in [4.78, 5) is 16.2. The molecule has 0 radical (unpaired) electrons. The molecular formula is C18H16ClNO. The van der Waals surface area contributed by atoms with Crippen molar-refractivity contribution in [3.05, 3.63) is 69.0 Å². The van der Waals surface area contributed by atoms with Crippen molar-refractivity contribution in [1.29, 1.82) is 0 Å². The summed E-state index contributed by atoms with van der Waals surface area (Å²) in [6.45, 7) is 3.75. The van der Waals surface area contributed by atoms with Crippen LogP contribution in [0.15, 0.2) is 52.3 Å². The number of nitrogens with one attached hydrogen (secondary N) is 1. The molecule has 1 N–H and O–H groups in total. The first-order valence-corrected chi connectivity index (χ1v) is 7.31. The molecular weight excluding hydrogens is 282 g/mol. The Balaban J connectivity index is 2.38. The van der Waals surface area contributed by atoms with Crippen molar-refractivity contribution in [3.63, 3.8) is 0 Å². The Morgan fingerprint density at radius 1 is 1.24 bits per heavy atom. The van der Waals surface area contributed by atoms with Gasteiger partial charge in [0.2, 0.25) is 0 Å². The van der Waals surface area contributed by atoms with Gasteiger partial charge in [-0.3, -0.25) is 4.79 Å². The lowest BCUT2D eigenvalue weighted by Gasteiger charge is -2.09. The Hall–Kier alpha value is -2.06. The standard InChI is InChI=1S/C18H16ClNO/c1-11(19)7-9-14-12(2)20-16-10-8-13-5-3-4-6-15(13)17(16)18(14)21/h3-8,10H,9H2,1-2H3,(H,20,21). The molecule has 0 amide bonds. The maximum Gasteiger partial charge on any atom is 0.193 e. The summed E-state index contributed by atoms with van der Waals surface area (Å²) >= 11 is 5.89. The Morgan fingerprint density at radius 3 is 2.76 bits per heavy atom. The molecule has 106 valence electrons. The van der Waals surface area contributed by atoms with Gasteiger partial charge >= 0.3 is 0 Å². The average Bonchev–Trinajstić information content (AvgIpc) is 2.46. The maximum absolute atomic E-state index is 12.9. The first kappa shape index (κ1) is 13.9. The Kier molecular flexibility index (Phi) is 3.56. The fourth-order valence-corrected chi connectivity index (χ4v) is 2.78. The van der Waals surface area contributed by atoms with Crippen molar-refractivity contribution in [2.75, 3.05) is 0 Å². The van der Waals surface area contributed by atoms with Crippen molar-refractivity contribution < 1.29 is 0 Å². The summed E-state index contributed by atoms with van der Waals surface area (Å²) in [6.07, 6.45) is 2.42. The van der Waals surface area contributed by atoms with Gasteiger partial charge in [0.15, 0.2) is 5.43 Å². The SMILES string of the molecule is CC(Cl)=CCc1c(C)[nH]c2ccc3ccccc3c2c1=O. The molecule has 1 heterocycles. The molecule has 0 fully saturated rings. The summed E-state index contributed by atoms with van der Waals surface area (Å²) in [6, 6.07) is 12.0. The van der Waals surface area contributed by atoms with Crippen LogP contribution in [-0.2, 0) is 6.42 Å². The van der Waals surface area contributed by atoms with Gasteiger partial charge < -0.3 is 4.98 Å². The van der Waals surface area contributed by atoms with Crippen molar-refractivity contribution >= 4 is 33.3 Å². The van der Waals surface area contributed by atoms with Crippen molar-refractivity contribution in [3.8, 4) is 0 Å². The largest absolute Gasteiger partial charge is 0.358 e. The molecule has 3 aromatic rings. The second-order valence-corrected chi connectivity index (χ2v) is 5.86. The van der Waals surface area contributed by atoms with Crippen molar-refractivity contribution in [1.82, 2.24) is 4.98 Å². The second-order valence-electron chi connectivity index (χ2n) is 5.26. The van der Waals surface area contributed by atoms with E-state index in [0.717, 1.165) is 32.9 Å². The summed E-state index contributed by atoms with van der Waals surface area (Å²) in [5, 5.41) is 3.53. The molecule has 0 unspecified atom stereocenters. The number of H-pyrrole nitrogens is 1. The first-order chi connectivity index (χ1) is 10.1. The lowest BCUT2D eigenvalue weighted by atomic mass is 10.0. The highest BCUT2D eigenvalue weighted by atomic mass is 35.5. The van der Waals surface area contributed by atoms with Gasteiger partial charge in [0.25, 0.3) is 0 Å². The normalized spacial score (nSPS) is 12.2. The number of aromatic amines is 1. The van der Waals surface area contributed by atoms with Gasteiger partial charge in [0.05, 0.1) is 10.9 Å². The molecule has 2 nitrogen and oxygen atoms in total. The molecule has 21 heavy (non-hydrogen) atoms. The third-order valence-electron chi connectivity index (χ3n) is 3.79. The van der Waals surface area contributed by atoms with Gasteiger partial charge in [0.1, 0.15) is 0 Å². The highest BCUT2D eigenvalue weighted by Crippen LogP contribution is 2.23. The van der Waals surface area contributed by atoms with Crippen LogP contribution in [0.25, 0.3) is 21.7 Å². The fraction of sp³-hybridized carbons (Fsp3) is 0.167. The average molecular weight is 298 g/mol. The number of hydrogen-bond donors (Lipinski definition) is 1. The minimum absolute atomic E-state index is 0.0900. The first-order valence-electron chi connectivity index (χ1n) is 6.93. The van der Waals surface area contributed by atoms with Crippen LogP contribution in [-0.4, -0.2) is 4.98 Å². The van der Waals surface area contributed by atoms with Gasteiger partial charge in [-0.15, -0.1) is 0 Å². The lowest BCUT2D eigenvalue weighted by Crippen LogP contribution is -2.13. The van der Waals surface area contributed by atoms with E-state index < -0.39 is 0 Å². The Labute approximate surface area is 128 Å². The number of benzene rings is 2. The number of hydrogen-bond acceptors (Lipinski definition) is 1. The zero-order valence-corrected chi connectivity index (χ0v) is 12.8. The molecule has 0 aliphatic heterocycles. The molecule has 3 heteroatoms. The minimum atomic E-state index is 0.0900. The van der Waals surface area contributed by atoms with Crippen LogP contribution in [0, 0.1) is 6.92 Å². The van der Waals surface area contributed by atoms with E-state index in [2.05, 4.69) is 4.98 Å². The van der Waals surface area contributed by atoms with E-state index in [-0.39, 0.29) is 5.43 Å². The number of rotatable bonds is 2. The summed E-state index contributed by atoms with van der Waals surface area (Å²) in [7, 11) is 0. The van der Waals surface area contributed by atoms with E-state index in [4.69, 9.17) is 11.6 Å². The van der Waals surface area contributed by atoms with Crippen LogP contribution in [0.3, 0.4) is 0 Å². The van der Waals surface area contributed by atoms with Gasteiger partial charge in [0, 0.05) is 16.3 Å². The van der Waals surface area contributed by atoms with E-state index in [1.807, 2.05) is 56.3 Å². The zero-order valence-electron chi connectivity index (χ0n) is 12.0. The Morgan fingerprint density at radius 2 is 2.00 bits per heavy atom. The molecule has 1 aromatic heterocycles. The highest BCUT2D eigenvalue weighted by molar-refractivity contribution is 6.29. The van der Waals surface area contributed by atoms with Gasteiger partial charge in [-0.25, -0.2) is 0 Å². The van der Waals surface area contributed by atoms with Crippen LogP contribution in [0.5, 0.6) is 0 Å². The summed E-state index contributed by atoms with van der Waals surface area (Å²) in [5.41, 5.74) is 2.65. The molecule has 0 saturated heterocycles. The smallest absolute Gasteiger partial charge is 0.193 e. The molecule has 3 rings (SSSR count). The number of pyridine rings is 1. The van der Waals surface area contributed by atoms with Crippen LogP contribution in [0.2, 0.25) is 0 Å². The zero-order chi connectivity index (χ0) is 15.0. The second kappa shape index (κ2) is 5.38. The topological polar surface area (TPSA) is 32.9 Å². The van der Waals surface area contributed by atoms with Gasteiger partial charge in [-0.05, 0) is 37.1 Å². The predicted octanol–water partition coefficient (Wildman–Crippen LogP) is 4.67. The van der Waals surface area contributed by atoms with Crippen LogP contribution < -0.4 is 5.43 Å². The van der Waals surface area contributed by atoms with E-state index in [0.29, 0.717) is 11.5 Å². The third-order valence-corrected chi connectivity index (χ3v) is 3.95. The molecule has 2 aromatic carbocycles. The van der Waals surface area contributed by atoms with Crippen LogP contribution >= 0.6 is 11.6 Å². The van der Waals surface area contributed by atoms with Crippen LogP contribution in [0.1, 0.15) is 18.2 Å². The Bertz CT molecular complexity index is 918. The van der Waals surface area contributed by atoms with Gasteiger partial charge in [-0.2, -0.15) is 0 Å². The fourth-order valence-electron chi connectivity index (χ4n) is 2.71. The van der Waals surface area contributed by atoms with E-state index in [1.165, 1.54) is 0 Å².